The van der Waals surface area contributed by atoms with Gasteiger partial charge in [-0.1, -0.05) is 49.7 Å². The molecule has 0 radical (unpaired) electrons. The number of nitrogens with two attached hydrogens (primary N) is 1. The van der Waals surface area contributed by atoms with Gasteiger partial charge in [-0.05, 0) is 48.6 Å². The molecule has 3 aromatic rings. The van der Waals surface area contributed by atoms with Crippen LogP contribution in [0.4, 0.5) is 0 Å². The van der Waals surface area contributed by atoms with Gasteiger partial charge in [0.25, 0.3) is 0 Å². The van der Waals surface area contributed by atoms with Crippen LogP contribution in [0, 0.1) is 18.8 Å². The lowest BCUT2D eigenvalue weighted by Crippen LogP contribution is -2.64. The molecule has 39 heavy (non-hydrogen) atoms. The third kappa shape index (κ3) is 6.33. The Labute approximate surface area is 231 Å². The van der Waals surface area contributed by atoms with E-state index in [0.29, 0.717) is 32.5 Å². The third-order valence-electron chi connectivity index (χ3n) is 7.84. The topological polar surface area (TPSA) is 99.7 Å². The van der Waals surface area contributed by atoms with Crippen molar-refractivity contribution in [3.05, 3.63) is 83.4 Å². The summed E-state index contributed by atoms with van der Waals surface area (Å²) >= 11 is 0. The maximum atomic E-state index is 14.2. The number of carbonyl (C=O) groups excluding carboxylic acids is 2. The number of ether oxygens (including phenoxy) is 2. The number of amides is 2. The van der Waals surface area contributed by atoms with E-state index < -0.39 is 23.3 Å². The highest BCUT2D eigenvalue weighted by Crippen LogP contribution is 2.40. The summed E-state index contributed by atoms with van der Waals surface area (Å²) in [6, 6.07) is 15.8. The second kappa shape index (κ2) is 12.5. The number of benzene rings is 2. The van der Waals surface area contributed by atoms with E-state index in [0.717, 1.165) is 41.0 Å². The molecule has 4 rings (SSSR count). The van der Waals surface area contributed by atoms with Crippen molar-refractivity contribution in [2.45, 2.75) is 45.1 Å². The van der Waals surface area contributed by atoms with Crippen LogP contribution in [-0.4, -0.2) is 53.1 Å². The second-order valence-electron chi connectivity index (χ2n) is 10.6. The molecule has 2 atom stereocenters. The number of nitrogens with zero attached hydrogens (tertiary/aromatic N) is 3. The molecule has 1 aromatic heterocycles. The van der Waals surface area contributed by atoms with Crippen molar-refractivity contribution in [3.8, 4) is 5.75 Å². The Hall–Kier alpha value is -3.65. The van der Waals surface area contributed by atoms with E-state index in [4.69, 9.17) is 15.2 Å². The Kier molecular flexibility index (Phi) is 9.07. The molecular weight excluding hydrogens is 492 g/mol. The molecule has 208 valence electrons. The molecule has 0 aliphatic carbocycles. The molecule has 1 unspecified atom stereocenters. The third-order valence-corrected chi connectivity index (χ3v) is 7.84. The molecule has 1 fully saturated rings. The van der Waals surface area contributed by atoms with E-state index >= 15 is 0 Å². The van der Waals surface area contributed by atoms with Crippen LogP contribution in [0.25, 0.3) is 0 Å². The normalized spacial score (nSPS) is 15.8. The van der Waals surface area contributed by atoms with Gasteiger partial charge in [-0.2, -0.15) is 0 Å². The van der Waals surface area contributed by atoms with Crippen molar-refractivity contribution in [1.82, 2.24) is 14.5 Å². The van der Waals surface area contributed by atoms with Gasteiger partial charge in [0.1, 0.15) is 11.4 Å². The van der Waals surface area contributed by atoms with Crippen molar-refractivity contribution in [2.24, 2.45) is 24.6 Å². The fourth-order valence-electron chi connectivity index (χ4n) is 5.46. The zero-order valence-electron chi connectivity index (χ0n) is 23.4. The largest absolute Gasteiger partial charge is 0.497 e. The predicted molar refractivity (Wildman–Crippen MR) is 150 cm³/mol. The quantitative estimate of drug-likeness (QED) is 0.338. The van der Waals surface area contributed by atoms with Crippen molar-refractivity contribution >= 4 is 11.8 Å². The lowest BCUT2D eigenvalue weighted by Gasteiger charge is -2.51. The Balaban J connectivity index is 1.62. The van der Waals surface area contributed by atoms with E-state index in [1.165, 1.54) is 0 Å². The molecule has 0 saturated carbocycles. The summed E-state index contributed by atoms with van der Waals surface area (Å²) in [7, 11) is 3.49. The van der Waals surface area contributed by atoms with Crippen molar-refractivity contribution in [1.29, 1.82) is 0 Å². The molecule has 2 heterocycles. The molecule has 1 aliphatic heterocycles. The van der Waals surface area contributed by atoms with Gasteiger partial charge in [-0.3, -0.25) is 9.59 Å². The zero-order valence-corrected chi connectivity index (χ0v) is 23.4. The van der Waals surface area contributed by atoms with Crippen molar-refractivity contribution in [2.75, 3.05) is 26.8 Å². The monoisotopic (exact) mass is 532 g/mol. The molecule has 8 nitrogen and oxygen atoms in total. The van der Waals surface area contributed by atoms with Gasteiger partial charge < -0.3 is 24.7 Å². The highest BCUT2D eigenvalue weighted by atomic mass is 16.5. The Morgan fingerprint density at radius 2 is 1.79 bits per heavy atom. The standard InChI is InChI=1S/C31H40N4O4/c1-5-6-15-39-31(28-10-8-7-9-22(28)2)19-35(20-31)30(37)27(16-23-11-13-25(38-4)14-12-23)26(29(32)36)17-24-18-33-21-34(24)3/h7-14,18,21,26-27H,5-6,15-17,19-20H2,1-4H3,(H2,32,36)/t26?,27-/m1/s1. The minimum atomic E-state index is -0.690. The number of unbranched alkanes of at least 4 members (excludes halogenated alkanes) is 1. The predicted octanol–water partition coefficient (Wildman–Crippen LogP) is 3.79. The van der Waals surface area contributed by atoms with E-state index in [9.17, 15) is 9.59 Å². The number of likely N-dealkylation sites (tertiary alicyclic amines) is 1. The van der Waals surface area contributed by atoms with Gasteiger partial charge in [-0.15, -0.1) is 0 Å². The van der Waals surface area contributed by atoms with Crippen LogP contribution in [-0.2, 0) is 39.8 Å². The summed E-state index contributed by atoms with van der Waals surface area (Å²) in [4.78, 5) is 33.0. The molecule has 2 aromatic carbocycles. The number of hydrogen-bond acceptors (Lipinski definition) is 5. The average molecular weight is 533 g/mol. The summed E-state index contributed by atoms with van der Waals surface area (Å²) in [6.45, 7) is 5.73. The molecule has 2 amide bonds. The smallest absolute Gasteiger partial charge is 0.227 e. The maximum absolute atomic E-state index is 14.2. The lowest BCUT2D eigenvalue weighted by atomic mass is 9.78. The molecular formula is C31H40N4O4. The van der Waals surface area contributed by atoms with Crippen molar-refractivity contribution < 1.29 is 19.1 Å². The van der Waals surface area contributed by atoms with Crippen LogP contribution in [0.1, 0.15) is 42.1 Å². The number of rotatable bonds is 13. The number of aryl methyl sites for hydroxylation is 2. The Morgan fingerprint density at radius 1 is 1.08 bits per heavy atom. The number of primary amides is 1. The number of carbonyl (C=O) groups is 2. The highest BCUT2D eigenvalue weighted by molar-refractivity contribution is 5.88. The number of hydrogen-bond donors (Lipinski definition) is 1. The van der Waals surface area contributed by atoms with E-state index in [2.05, 4.69) is 31.0 Å². The van der Waals surface area contributed by atoms with Crippen molar-refractivity contribution in [3.63, 3.8) is 0 Å². The van der Waals surface area contributed by atoms with E-state index in [1.54, 1.807) is 19.6 Å². The van der Waals surface area contributed by atoms with Crippen LogP contribution in [0.5, 0.6) is 5.75 Å². The first-order chi connectivity index (χ1) is 18.8. The number of methoxy groups -OCH3 is 1. The molecule has 2 N–H and O–H groups in total. The van der Waals surface area contributed by atoms with Crippen LogP contribution >= 0.6 is 0 Å². The summed E-state index contributed by atoms with van der Waals surface area (Å²) in [5.41, 5.74) is 9.46. The maximum Gasteiger partial charge on any atom is 0.227 e. The summed E-state index contributed by atoms with van der Waals surface area (Å²) in [6.07, 6.45) is 6.12. The van der Waals surface area contributed by atoms with Gasteiger partial charge in [0.2, 0.25) is 11.8 Å². The van der Waals surface area contributed by atoms with Gasteiger partial charge >= 0.3 is 0 Å². The average Bonchev–Trinajstić information content (AvgIpc) is 3.32. The highest BCUT2D eigenvalue weighted by Gasteiger charge is 2.50. The first kappa shape index (κ1) is 28.4. The van der Waals surface area contributed by atoms with Gasteiger partial charge in [-0.25, -0.2) is 4.98 Å². The molecule has 1 aliphatic rings. The van der Waals surface area contributed by atoms with Gasteiger partial charge in [0.15, 0.2) is 0 Å². The summed E-state index contributed by atoms with van der Waals surface area (Å²) < 4.78 is 13.6. The van der Waals surface area contributed by atoms with Gasteiger partial charge in [0, 0.05) is 32.0 Å². The molecule has 0 spiro atoms. The number of aromatic nitrogens is 2. The lowest BCUT2D eigenvalue weighted by molar-refractivity contribution is -0.178. The molecule has 0 bridgehead atoms. The first-order valence-corrected chi connectivity index (χ1v) is 13.6. The molecule has 1 saturated heterocycles. The SMILES string of the molecule is CCCCOC1(c2ccccc2C)CN(C(=O)[C@H](Cc2ccc(OC)cc2)C(Cc2cncn2C)C(N)=O)C1. The minimum Gasteiger partial charge on any atom is -0.497 e. The van der Waals surface area contributed by atoms with E-state index in [1.807, 2.05) is 52.9 Å². The van der Waals surface area contributed by atoms with Crippen LogP contribution < -0.4 is 10.5 Å². The van der Waals surface area contributed by atoms with Crippen LogP contribution in [0.15, 0.2) is 61.1 Å². The summed E-state index contributed by atoms with van der Waals surface area (Å²) in [5, 5.41) is 0. The Bertz CT molecular complexity index is 1260. The van der Waals surface area contributed by atoms with Gasteiger partial charge in [0.05, 0.1) is 38.4 Å². The summed E-state index contributed by atoms with van der Waals surface area (Å²) in [5.74, 6) is -1.16. The van der Waals surface area contributed by atoms with Crippen LogP contribution in [0.3, 0.4) is 0 Å². The van der Waals surface area contributed by atoms with Crippen LogP contribution in [0.2, 0.25) is 0 Å². The van der Waals surface area contributed by atoms with E-state index in [-0.39, 0.29) is 5.91 Å². The minimum absolute atomic E-state index is 0.0833. The molecule has 8 heteroatoms. The Morgan fingerprint density at radius 3 is 2.38 bits per heavy atom. The second-order valence-corrected chi connectivity index (χ2v) is 10.6. The fourth-order valence-corrected chi connectivity index (χ4v) is 5.46. The fraction of sp³-hybridized carbons (Fsp3) is 0.452. The number of imidazole rings is 1. The first-order valence-electron chi connectivity index (χ1n) is 13.6. The zero-order chi connectivity index (χ0) is 28.0.